The van der Waals surface area contributed by atoms with Crippen LogP contribution in [-0.4, -0.2) is 12.6 Å². The second-order valence-corrected chi connectivity index (χ2v) is 1.98. The maximum atomic E-state index is 10.9. The Morgan fingerprint density at radius 3 is 2.33 bits per heavy atom. The Morgan fingerprint density at radius 1 is 1.33 bits per heavy atom. The van der Waals surface area contributed by atoms with E-state index in [1.807, 2.05) is 0 Å². The first kappa shape index (κ1) is 13.3. The van der Waals surface area contributed by atoms with E-state index in [9.17, 15) is 4.79 Å². The highest BCUT2D eigenvalue weighted by molar-refractivity contribution is 5.87. The van der Waals surface area contributed by atoms with Gasteiger partial charge in [-0.25, -0.2) is 4.79 Å². The van der Waals surface area contributed by atoms with E-state index in [1.165, 1.54) is 6.08 Å². The second kappa shape index (κ2) is 7.79. The van der Waals surface area contributed by atoms with Gasteiger partial charge in [-0.15, -0.1) is 6.58 Å². The summed E-state index contributed by atoms with van der Waals surface area (Å²) >= 11 is 0. The lowest BCUT2D eigenvalue weighted by molar-refractivity contribution is -0.137. The van der Waals surface area contributed by atoms with Crippen LogP contribution >= 0.6 is 0 Å². The molecule has 12 heavy (non-hydrogen) atoms. The summed E-state index contributed by atoms with van der Waals surface area (Å²) in [5.41, 5.74) is 0.418. The fraction of sp³-hybridized carbons (Fsp3) is 0.200. The molecule has 1 radical (unpaired) electrons. The molecule has 0 aromatic heterocycles. The van der Waals surface area contributed by atoms with Crippen LogP contribution in [0.4, 0.5) is 0 Å². The largest absolute Gasteiger partial charge is 0.458 e. The van der Waals surface area contributed by atoms with Crippen molar-refractivity contribution in [2.75, 3.05) is 6.61 Å². The third-order valence-electron chi connectivity index (χ3n) is 1.01. The molecule has 67 valence electrons. The Bertz CT molecular complexity index is 180. The first-order valence-corrected chi connectivity index (χ1v) is 3.29. The molecule has 2 heteroatoms. The van der Waals surface area contributed by atoms with Crippen LogP contribution in [0, 0.1) is 7.43 Å². The first-order valence-electron chi connectivity index (χ1n) is 3.29. The van der Waals surface area contributed by atoms with Gasteiger partial charge in [0.1, 0.15) is 6.61 Å². The van der Waals surface area contributed by atoms with Crippen LogP contribution in [0.5, 0.6) is 0 Å². The van der Waals surface area contributed by atoms with E-state index in [0.29, 0.717) is 12.0 Å². The maximum absolute atomic E-state index is 10.9. The Morgan fingerprint density at radius 2 is 1.92 bits per heavy atom. The monoisotopic (exact) mass is 167 g/mol. The van der Waals surface area contributed by atoms with Gasteiger partial charge in [0.2, 0.25) is 0 Å². The van der Waals surface area contributed by atoms with Crippen LogP contribution in [0.3, 0.4) is 0 Å². The molecule has 0 saturated heterocycles. The van der Waals surface area contributed by atoms with E-state index in [0.717, 1.165) is 0 Å². The highest BCUT2D eigenvalue weighted by Gasteiger charge is 2.04. The van der Waals surface area contributed by atoms with Gasteiger partial charge in [-0.2, -0.15) is 0 Å². The highest BCUT2D eigenvalue weighted by atomic mass is 16.5. The fourth-order valence-electron chi connectivity index (χ4n) is 0.494. The minimum Gasteiger partial charge on any atom is -0.458 e. The van der Waals surface area contributed by atoms with E-state index < -0.39 is 0 Å². The quantitative estimate of drug-likeness (QED) is 0.357. The van der Waals surface area contributed by atoms with Crippen molar-refractivity contribution >= 4 is 5.97 Å². The zero-order valence-corrected chi connectivity index (χ0v) is 7.51. The number of hydrogen-bond donors (Lipinski definition) is 0. The summed E-state index contributed by atoms with van der Waals surface area (Å²) in [5.74, 6) is -0.384. The van der Waals surface area contributed by atoms with Gasteiger partial charge in [0.25, 0.3) is 0 Å². The summed E-state index contributed by atoms with van der Waals surface area (Å²) in [7, 11) is 0. The van der Waals surface area contributed by atoms with Crippen molar-refractivity contribution in [3.63, 3.8) is 0 Å². The molecule has 0 unspecified atom stereocenters. The van der Waals surface area contributed by atoms with E-state index in [2.05, 4.69) is 19.7 Å². The van der Waals surface area contributed by atoms with Crippen LogP contribution in [0.2, 0.25) is 0 Å². The number of carbonyl (C=O) groups excluding carboxylic acids is 1. The summed E-state index contributed by atoms with van der Waals surface area (Å²) in [5, 5.41) is 0. The van der Waals surface area contributed by atoms with E-state index in [1.54, 1.807) is 6.08 Å². The Labute approximate surface area is 74.2 Å². The second-order valence-electron chi connectivity index (χ2n) is 1.98. The van der Waals surface area contributed by atoms with Gasteiger partial charge in [0.05, 0.1) is 0 Å². The van der Waals surface area contributed by atoms with Gasteiger partial charge < -0.3 is 4.74 Å². The van der Waals surface area contributed by atoms with Gasteiger partial charge in [-0.3, -0.25) is 0 Å². The highest BCUT2D eigenvalue weighted by Crippen LogP contribution is 2.00. The summed E-state index contributed by atoms with van der Waals surface area (Å²) in [6.07, 6.45) is 3.59. The SMILES string of the molecule is C=CCOC(=O)C(=C)CC=C.[CH3]. The Balaban J connectivity index is 0. The molecule has 0 heterocycles. The standard InChI is InChI=1S/C9H12O2.CH3/c1-4-6-8(3)9(10)11-7-5-2;/h4-5H,1-3,6-7H2;1H3. The van der Waals surface area contributed by atoms with Gasteiger partial charge in [0.15, 0.2) is 0 Å². The van der Waals surface area contributed by atoms with Crippen molar-refractivity contribution < 1.29 is 9.53 Å². The average Bonchev–Trinajstić information content (AvgIpc) is 2.00. The molecule has 0 rings (SSSR count). The molecule has 0 spiro atoms. The molecule has 0 bridgehead atoms. The number of carbonyl (C=O) groups is 1. The van der Waals surface area contributed by atoms with E-state index >= 15 is 0 Å². The smallest absolute Gasteiger partial charge is 0.334 e. The van der Waals surface area contributed by atoms with Gasteiger partial charge in [-0.05, 0) is 6.42 Å². The third kappa shape index (κ3) is 5.47. The number of esters is 1. The number of allylic oxidation sites excluding steroid dienone is 1. The van der Waals surface area contributed by atoms with Crippen LogP contribution < -0.4 is 0 Å². The van der Waals surface area contributed by atoms with Crippen molar-refractivity contribution in [1.82, 2.24) is 0 Å². The summed E-state index contributed by atoms with van der Waals surface area (Å²) in [6, 6.07) is 0. The fourth-order valence-corrected chi connectivity index (χ4v) is 0.494. The Hall–Kier alpha value is -1.31. The summed E-state index contributed by atoms with van der Waals surface area (Å²) < 4.78 is 4.70. The molecule has 0 N–H and O–H groups in total. The first-order chi connectivity index (χ1) is 5.22. The summed E-state index contributed by atoms with van der Waals surface area (Å²) in [4.78, 5) is 10.9. The van der Waals surface area contributed by atoms with Crippen LogP contribution in [0.1, 0.15) is 6.42 Å². The van der Waals surface area contributed by atoms with Crippen molar-refractivity contribution in [3.05, 3.63) is 44.9 Å². The van der Waals surface area contributed by atoms with Crippen molar-refractivity contribution in [1.29, 1.82) is 0 Å². The van der Waals surface area contributed by atoms with E-state index in [-0.39, 0.29) is 20.0 Å². The van der Waals surface area contributed by atoms with Gasteiger partial charge in [0, 0.05) is 5.57 Å². The lowest BCUT2D eigenvalue weighted by Gasteiger charge is -2.01. The third-order valence-corrected chi connectivity index (χ3v) is 1.01. The molecule has 0 atom stereocenters. The van der Waals surface area contributed by atoms with Crippen LogP contribution in [0.25, 0.3) is 0 Å². The molecule has 0 aliphatic heterocycles. The predicted octanol–water partition coefficient (Wildman–Crippen LogP) is 2.30. The molecule has 0 fully saturated rings. The van der Waals surface area contributed by atoms with Crippen molar-refractivity contribution in [3.8, 4) is 0 Å². The lowest BCUT2D eigenvalue weighted by atomic mass is 10.2. The zero-order valence-electron chi connectivity index (χ0n) is 7.51. The van der Waals surface area contributed by atoms with Gasteiger partial charge >= 0.3 is 5.97 Å². The van der Waals surface area contributed by atoms with Crippen LogP contribution in [0.15, 0.2) is 37.5 Å². The minimum absolute atomic E-state index is 0. The topological polar surface area (TPSA) is 26.3 Å². The summed E-state index contributed by atoms with van der Waals surface area (Å²) in [6.45, 7) is 10.6. The predicted molar refractivity (Wildman–Crippen MR) is 51.5 cm³/mol. The number of rotatable bonds is 5. The number of ether oxygens (including phenoxy) is 1. The molecular formula is C10H15O2. The average molecular weight is 167 g/mol. The van der Waals surface area contributed by atoms with Crippen LogP contribution in [-0.2, 0) is 9.53 Å². The maximum Gasteiger partial charge on any atom is 0.334 e. The molecule has 0 aliphatic carbocycles. The normalized spacial score (nSPS) is 7.67. The van der Waals surface area contributed by atoms with Crippen molar-refractivity contribution in [2.45, 2.75) is 6.42 Å². The molecule has 2 nitrogen and oxygen atoms in total. The van der Waals surface area contributed by atoms with Gasteiger partial charge in [-0.1, -0.05) is 32.7 Å². The van der Waals surface area contributed by atoms with Crippen molar-refractivity contribution in [2.24, 2.45) is 0 Å². The number of hydrogen-bond acceptors (Lipinski definition) is 2. The molecule has 0 aliphatic rings. The zero-order chi connectivity index (χ0) is 8.69. The minimum atomic E-state index is -0.384. The Kier molecular flexibility index (Phi) is 8.63. The molecule has 0 aromatic carbocycles. The molecule has 0 saturated carbocycles. The van der Waals surface area contributed by atoms with E-state index in [4.69, 9.17) is 4.74 Å². The molecule has 0 aromatic rings. The lowest BCUT2D eigenvalue weighted by Crippen LogP contribution is -2.06. The molecular weight excluding hydrogens is 152 g/mol. The molecule has 0 amide bonds.